The first-order valence-corrected chi connectivity index (χ1v) is 7.43. The number of hydrogen-bond acceptors (Lipinski definition) is 3. The summed E-state index contributed by atoms with van der Waals surface area (Å²) in [7, 11) is 1.72. The lowest BCUT2D eigenvalue weighted by Crippen LogP contribution is -2.41. The van der Waals surface area contributed by atoms with Crippen molar-refractivity contribution in [3.63, 3.8) is 0 Å². The molecule has 1 saturated heterocycles. The van der Waals surface area contributed by atoms with Crippen LogP contribution in [0.1, 0.15) is 57.8 Å². The molecule has 0 atom stereocenters. The molecule has 0 amide bonds. The van der Waals surface area contributed by atoms with Gasteiger partial charge in [-0.25, -0.2) is 0 Å². The second-order valence-corrected chi connectivity index (χ2v) is 5.80. The Labute approximate surface area is 110 Å². The maximum absolute atomic E-state index is 12.6. The molecule has 2 aliphatic rings. The Morgan fingerprint density at radius 3 is 2.33 bits per heavy atom. The van der Waals surface area contributed by atoms with E-state index < -0.39 is 5.60 Å². The zero-order valence-corrected chi connectivity index (χ0v) is 11.6. The minimum Gasteiger partial charge on any atom is -0.381 e. The number of rotatable bonds is 4. The van der Waals surface area contributed by atoms with E-state index in [4.69, 9.17) is 9.47 Å². The normalized spacial score (nSPS) is 25.6. The lowest BCUT2D eigenvalue weighted by atomic mass is 9.83. The van der Waals surface area contributed by atoms with Gasteiger partial charge in [-0.05, 0) is 31.6 Å². The monoisotopic (exact) mass is 254 g/mol. The number of Topliss-reactive ketones (excluding diaryl/α,β-unsaturated/α-hetero) is 1. The third kappa shape index (κ3) is 3.33. The Bertz CT molecular complexity index is 261. The molecule has 0 aromatic heterocycles. The van der Waals surface area contributed by atoms with Crippen LogP contribution >= 0.6 is 0 Å². The topological polar surface area (TPSA) is 35.5 Å². The first-order chi connectivity index (χ1) is 8.77. The van der Waals surface area contributed by atoms with E-state index in [0.717, 1.165) is 51.7 Å². The van der Waals surface area contributed by atoms with Gasteiger partial charge in [-0.2, -0.15) is 0 Å². The molecular weight excluding hydrogens is 228 g/mol. The van der Waals surface area contributed by atoms with E-state index in [2.05, 4.69) is 0 Å². The molecule has 0 spiro atoms. The average Bonchev–Trinajstić information content (AvgIpc) is 2.66. The standard InChI is InChI=1S/C15H26O3/c1-17-15(8-4-2-3-5-9-15)14(16)12-13-6-10-18-11-7-13/h13H,2-12H2,1H3. The summed E-state index contributed by atoms with van der Waals surface area (Å²) in [6, 6.07) is 0. The summed E-state index contributed by atoms with van der Waals surface area (Å²) in [4.78, 5) is 12.6. The van der Waals surface area contributed by atoms with Gasteiger partial charge in [0.25, 0.3) is 0 Å². The van der Waals surface area contributed by atoms with Gasteiger partial charge in [0.1, 0.15) is 5.60 Å². The molecule has 0 radical (unpaired) electrons. The molecule has 1 saturated carbocycles. The van der Waals surface area contributed by atoms with Gasteiger partial charge in [0.15, 0.2) is 5.78 Å². The largest absolute Gasteiger partial charge is 0.381 e. The lowest BCUT2D eigenvalue weighted by Gasteiger charge is -2.32. The first-order valence-electron chi connectivity index (χ1n) is 7.43. The van der Waals surface area contributed by atoms with Crippen molar-refractivity contribution in [2.75, 3.05) is 20.3 Å². The molecule has 3 heteroatoms. The predicted molar refractivity (Wildman–Crippen MR) is 70.6 cm³/mol. The van der Waals surface area contributed by atoms with Crippen molar-refractivity contribution in [3.05, 3.63) is 0 Å². The first kappa shape index (κ1) is 14.0. The number of carbonyl (C=O) groups is 1. The SMILES string of the molecule is COC1(C(=O)CC2CCOCC2)CCCCCC1. The van der Waals surface area contributed by atoms with Crippen LogP contribution in [0.25, 0.3) is 0 Å². The van der Waals surface area contributed by atoms with Crippen LogP contribution in [-0.2, 0) is 14.3 Å². The molecule has 2 rings (SSSR count). The van der Waals surface area contributed by atoms with Crippen LogP contribution in [0, 0.1) is 5.92 Å². The number of ether oxygens (including phenoxy) is 2. The Morgan fingerprint density at radius 2 is 1.78 bits per heavy atom. The van der Waals surface area contributed by atoms with Crippen molar-refractivity contribution in [1.29, 1.82) is 0 Å². The Kier molecular flexibility index (Phi) is 5.19. The van der Waals surface area contributed by atoms with Crippen LogP contribution in [0.5, 0.6) is 0 Å². The Morgan fingerprint density at radius 1 is 1.17 bits per heavy atom. The number of ketones is 1. The van der Waals surface area contributed by atoms with Crippen LogP contribution in [-0.4, -0.2) is 31.7 Å². The highest BCUT2D eigenvalue weighted by molar-refractivity contribution is 5.87. The van der Waals surface area contributed by atoms with Crippen LogP contribution < -0.4 is 0 Å². The van der Waals surface area contributed by atoms with E-state index >= 15 is 0 Å². The summed E-state index contributed by atoms with van der Waals surface area (Å²) in [5, 5.41) is 0. The van der Waals surface area contributed by atoms with Gasteiger partial charge in [-0.3, -0.25) is 4.79 Å². The molecule has 0 unspecified atom stereocenters. The highest BCUT2D eigenvalue weighted by Crippen LogP contribution is 2.33. The highest BCUT2D eigenvalue weighted by atomic mass is 16.5. The number of carbonyl (C=O) groups excluding carboxylic acids is 1. The fourth-order valence-electron chi connectivity index (χ4n) is 3.30. The maximum Gasteiger partial charge on any atom is 0.164 e. The Hall–Kier alpha value is -0.410. The predicted octanol–water partition coefficient (Wildman–Crippen LogP) is 3.11. The van der Waals surface area contributed by atoms with Gasteiger partial charge >= 0.3 is 0 Å². The third-order valence-electron chi connectivity index (χ3n) is 4.63. The molecule has 3 nitrogen and oxygen atoms in total. The zero-order valence-electron chi connectivity index (χ0n) is 11.6. The summed E-state index contributed by atoms with van der Waals surface area (Å²) >= 11 is 0. The van der Waals surface area contributed by atoms with Crippen molar-refractivity contribution in [3.8, 4) is 0 Å². The Balaban J connectivity index is 1.94. The van der Waals surface area contributed by atoms with Crippen molar-refractivity contribution in [1.82, 2.24) is 0 Å². The van der Waals surface area contributed by atoms with E-state index in [1.54, 1.807) is 7.11 Å². The summed E-state index contributed by atoms with van der Waals surface area (Å²) in [6.45, 7) is 1.63. The smallest absolute Gasteiger partial charge is 0.164 e. The average molecular weight is 254 g/mol. The number of methoxy groups -OCH3 is 1. The van der Waals surface area contributed by atoms with E-state index in [-0.39, 0.29) is 0 Å². The van der Waals surface area contributed by atoms with Crippen LogP contribution in [0.3, 0.4) is 0 Å². The van der Waals surface area contributed by atoms with E-state index in [0.29, 0.717) is 18.1 Å². The van der Waals surface area contributed by atoms with Crippen LogP contribution in [0.2, 0.25) is 0 Å². The molecular formula is C15H26O3. The van der Waals surface area contributed by atoms with E-state index in [1.165, 1.54) is 12.8 Å². The van der Waals surface area contributed by atoms with Gasteiger partial charge in [0.05, 0.1) is 0 Å². The fraction of sp³-hybridized carbons (Fsp3) is 0.933. The maximum atomic E-state index is 12.6. The van der Waals surface area contributed by atoms with E-state index in [1.807, 2.05) is 0 Å². The second-order valence-electron chi connectivity index (χ2n) is 5.80. The fourth-order valence-corrected chi connectivity index (χ4v) is 3.30. The number of hydrogen-bond donors (Lipinski definition) is 0. The minimum atomic E-state index is -0.463. The van der Waals surface area contributed by atoms with Crippen molar-refractivity contribution in [2.24, 2.45) is 5.92 Å². The highest BCUT2D eigenvalue weighted by Gasteiger charge is 2.39. The molecule has 2 fully saturated rings. The molecule has 1 aliphatic heterocycles. The minimum absolute atomic E-state index is 0.346. The lowest BCUT2D eigenvalue weighted by molar-refractivity contribution is -0.144. The molecule has 18 heavy (non-hydrogen) atoms. The van der Waals surface area contributed by atoms with Crippen molar-refractivity contribution >= 4 is 5.78 Å². The van der Waals surface area contributed by atoms with Gasteiger partial charge in [0.2, 0.25) is 0 Å². The second kappa shape index (κ2) is 6.67. The molecule has 0 aromatic rings. The summed E-state index contributed by atoms with van der Waals surface area (Å²) in [5.41, 5.74) is -0.463. The van der Waals surface area contributed by atoms with Crippen LogP contribution in [0.15, 0.2) is 0 Å². The molecule has 0 N–H and O–H groups in total. The van der Waals surface area contributed by atoms with Gasteiger partial charge in [-0.15, -0.1) is 0 Å². The quantitative estimate of drug-likeness (QED) is 0.723. The van der Waals surface area contributed by atoms with Gasteiger partial charge < -0.3 is 9.47 Å². The summed E-state index contributed by atoms with van der Waals surface area (Å²) in [6.07, 6.45) is 9.36. The zero-order chi connectivity index (χ0) is 12.8. The molecule has 0 aromatic carbocycles. The van der Waals surface area contributed by atoms with Gasteiger partial charge in [0, 0.05) is 26.7 Å². The summed E-state index contributed by atoms with van der Waals surface area (Å²) < 4.78 is 11.0. The molecule has 0 bridgehead atoms. The molecule has 1 heterocycles. The van der Waals surface area contributed by atoms with Crippen molar-refractivity contribution in [2.45, 2.75) is 63.4 Å². The molecule has 104 valence electrons. The van der Waals surface area contributed by atoms with E-state index in [9.17, 15) is 4.79 Å². The van der Waals surface area contributed by atoms with Gasteiger partial charge in [-0.1, -0.05) is 25.7 Å². The van der Waals surface area contributed by atoms with Crippen LogP contribution in [0.4, 0.5) is 0 Å². The summed E-state index contributed by atoms with van der Waals surface area (Å²) in [5.74, 6) is 0.861. The molecule has 1 aliphatic carbocycles. The van der Waals surface area contributed by atoms with Crippen molar-refractivity contribution < 1.29 is 14.3 Å². The third-order valence-corrected chi connectivity index (χ3v) is 4.63.